The highest BCUT2D eigenvalue weighted by atomic mass is 16.5. The van der Waals surface area contributed by atoms with Crippen molar-refractivity contribution in [2.75, 3.05) is 18.5 Å². The van der Waals surface area contributed by atoms with Gasteiger partial charge in [-0.2, -0.15) is 0 Å². The fraction of sp³-hybridized carbons (Fsp3) is 0.294. The summed E-state index contributed by atoms with van der Waals surface area (Å²) in [5, 5.41) is 4.18. The molecule has 21 heavy (non-hydrogen) atoms. The Morgan fingerprint density at radius 2 is 2.24 bits per heavy atom. The van der Waals surface area contributed by atoms with E-state index in [1.807, 2.05) is 30.3 Å². The van der Waals surface area contributed by atoms with Gasteiger partial charge in [0.25, 0.3) is 0 Å². The lowest BCUT2D eigenvalue weighted by atomic mass is 10.2. The third kappa shape index (κ3) is 4.31. The zero-order chi connectivity index (χ0) is 15.1. The van der Waals surface area contributed by atoms with Crippen molar-refractivity contribution in [3.8, 4) is 5.88 Å². The molecule has 2 rings (SSSR count). The van der Waals surface area contributed by atoms with Crippen molar-refractivity contribution in [2.24, 2.45) is 0 Å². The zero-order valence-corrected chi connectivity index (χ0v) is 12.3. The Balaban J connectivity index is 2.08. The van der Waals surface area contributed by atoms with E-state index in [0.29, 0.717) is 24.6 Å². The molecule has 0 fully saturated rings. The lowest BCUT2D eigenvalue weighted by Gasteiger charge is -2.08. The Bertz CT molecular complexity index is 638. The van der Waals surface area contributed by atoms with Gasteiger partial charge in [0.1, 0.15) is 6.29 Å². The molecular formula is C17H20N2O2. The SMILES string of the molecule is C=C(C=O)CNc1ccc2nc(OCCCC)ccc2c1. The molecular weight excluding hydrogens is 264 g/mol. The van der Waals surface area contributed by atoms with Crippen molar-refractivity contribution >= 4 is 22.9 Å². The highest BCUT2D eigenvalue weighted by Crippen LogP contribution is 2.21. The average Bonchev–Trinajstić information content (AvgIpc) is 2.52. The molecule has 0 amide bonds. The van der Waals surface area contributed by atoms with Crippen LogP contribution < -0.4 is 10.1 Å². The summed E-state index contributed by atoms with van der Waals surface area (Å²) in [5.41, 5.74) is 2.35. The largest absolute Gasteiger partial charge is 0.478 e. The van der Waals surface area contributed by atoms with Crippen molar-refractivity contribution in [2.45, 2.75) is 19.8 Å². The molecule has 0 bridgehead atoms. The number of carbonyl (C=O) groups excluding carboxylic acids is 1. The van der Waals surface area contributed by atoms with Gasteiger partial charge < -0.3 is 10.1 Å². The van der Waals surface area contributed by atoms with Crippen molar-refractivity contribution in [1.29, 1.82) is 0 Å². The third-order valence-electron chi connectivity index (χ3n) is 3.10. The van der Waals surface area contributed by atoms with Gasteiger partial charge in [0.2, 0.25) is 5.88 Å². The summed E-state index contributed by atoms with van der Waals surface area (Å²) in [5.74, 6) is 0.658. The highest BCUT2D eigenvalue weighted by Gasteiger charge is 2.01. The first-order chi connectivity index (χ1) is 10.2. The Hall–Kier alpha value is -2.36. The van der Waals surface area contributed by atoms with Gasteiger partial charge in [-0.3, -0.25) is 4.79 Å². The topological polar surface area (TPSA) is 51.2 Å². The first-order valence-electron chi connectivity index (χ1n) is 7.13. The molecule has 4 nitrogen and oxygen atoms in total. The maximum atomic E-state index is 10.5. The molecule has 0 aliphatic rings. The molecule has 0 spiro atoms. The standard InChI is InChI=1S/C17H20N2O2/c1-3-4-9-21-17-8-5-14-10-15(6-7-16(14)19-17)18-11-13(2)12-20/h5-8,10,12,18H,2-4,9,11H2,1H3. The molecule has 4 heteroatoms. The number of fused-ring (bicyclic) bond motifs is 1. The number of anilines is 1. The maximum absolute atomic E-state index is 10.5. The second kappa shape index (κ2) is 7.43. The van der Waals surface area contributed by atoms with Crippen LogP contribution in [0.4, 0.5) is 5.69 Å². The van der Waals surface area contributed by atoms with E-state index in [4.69, 9.17) is 4.74 Å². The number of benzene rings is 1. The van der Waals surface area contributed by atoms with Crippen LogP contribution >= 0.6 is 0 Å². The quantitative estimate of drug-likeness (QED) is 0.457. The van der Waals surface area contributed by atoms with Gasteiger partial charge in [0.05, 0.1) is 12.1 Å². The van der Waals surface area contributed by atoms with Gasteiger partial charge >= 0.3 is 0 Å². The second-order valence-corrected chi connectivity index (χ2v) is 4.89. The van der Waals surface area contributed by atoms with Crippen molar-refractivity contribution in [3.63, 3.8) is 0 Å². The van der Waals surface area contributed by atoms with Gasteiger partial charge in [0, 0.05) is 29.3 Å². The van der Waals surface area contributed by atoms with Crippen molar-refractivity contribution in [1.82, 2.24) is 4.98 Å². The minimum atomic E-state index is 0.445. The normalized spacial score (nSPS) is 10.3. The maximum Gasteiger partial charge on any atom is 0.213 e. The molecule has 0 aliphatic heterocycles. The second-order valence-electron chi connectivity index (χ2n) is 4.89. The van der Waals surface area contributed by atoms with Crippen LogP contribution in [0, 0.1) is 0 Å². The number of aldehydes is 1. The van der Waals surface area contributed by atoms with Crippen LogP contribution in [0.2, 0.25) is 0 Å². The fourth-order valence-electron chi connectivity index (χ4n) is 1.88. The van der Waals surface area contributed by atoms with E-state index in [1.54, 1.807) is 0 Å². The summed E-state index contributed by atoms with van der Waals surface area (Å²) < 4.78 is 5.60. The molecule has 1 aromatic heterocycles. The van der Waals surface area contributed by atoms with Gasteiger partial charge in [-0.25, -0.2) is 4.98 Å². The minimum Gasteiger partial charge on any atom is -0.478 e. The average molecular weight is 284 g/mol. The van der Waals surface area contributed by atoms with Gasteiger partial charge in [0.15, 0.2) is 0 Å². The lowest BCUT2D eigenvalue weighted by molar-refractivity contribution is -0.104. The van der Waals surface area contributed by atoms with Crippen LogP contribution in [0.3, 0.4) is 0 Å². The van der Waals surface area contributed by atoms with Crippen LogP contribution in [-0.2, 0) is 4.79 Å². The number of nitrogens with one attached hydrogen (secondary N) is 1. The summed E-state index contributed by atoms with van der Waals surface area (Å²) in [6.45, 7) is 6.91. The summed E-state index contributed by atoms with van der Waals surface area (Å²) in [7, 11) is 0. The van der Waals surface area contributed by atoms with E-state index in [2.05, 4.69) is 23.8 Å². The van der Waals surface area contributed by atoms with Gasteiger partial charge in [-0.05, 0) is 30.7 Å². The molecule has 0 saturated heterocycles. The Morgan fingerprint density at radius 1 is 1.38 bits per heavy atom. The summed E-state index contributed by atoms with van der Waals surface area (Å²) in [4.78, 5) is 15.0. The van der Waals surface area contributed by atoms with Crippen molar-refractivity contribution < 1.29 is 9.53 Å². The van der Waals surface area contributed by atoms with Gasteiger partial charge in [-0.15, -0.1) is 0 Å². The van der Waals surface area contributed by atoms with E-state index in [0.717, 1.165) is 35.7 Å². The summed E-state index contributed by atoms with van der Waals surface area (Å²) >= 11 is 0. The molecule has 0 radical (unpaired) electrons. The van der Waals surface area contributed by atoms with Crippen LogP contribution in [0.1, 0.15) is 19.8 Å². The van der Waals surface area contributed by atoms with E-state index in [-0.39, 0.29) is 0 Å². The fourth-order valence-corrected chi connectivity index (χ4v) is 1.88. The zero-order valence-electron chi connectivity index (χ0n) is 12.3. The number of hydrogen-bond donors (Lipinski definition) is 1. The monoisotopic (exact) mass is 284 g/mol. The van der Waals surface area contributed by atoms with Crippen LogP contribution in [-0.4, -0.2) is 24.4 Å². The molecule has 0 saturated carbocycles. The van der Waals surface area contributed by atoms with Crippen LogP contribution in [0.5, 0.6) is 5.88 Å². The summed E-state index contributed by atoms with van der Waals surface area (Å²) in [6.07, 6.45) is 2.90. The number of rotatable bonds is 8. The third-order valence-corrected chi connectivity index (χ3v) is 3.10. The first kappa shape index (κ1) is 15.0. The Morgan fingerprint density at radius 3 is 3.00 bits per heavy atom. The predicted molar refractivity (Wildman–Crippen MR) is 85.8 cm³/mol. The Kier molecular flexibility index (Phi) is 5.32. The number of unbranched alkanes of at least 4 members (excludes halogenated alkanes) is 1. The van der Waals surface area contributed by atoms with Crippen molar-refractivity contribution in [3.05, 3.63) is 42.5 Å². The molecule has 0 atom stereocenters. The molecule has 0 unspecified atom stereocenters. The smallest absolute Gasteiger partial charge is 0.213 e. The molecule has 1 heterocycles. The molecule has 1 aromatic carbocycles. The first-order valence-corrected chi connectivity index (χ1v) is 7.13. The highest BCUT2D eigenvalue weighted by molar-refractivity contribution is 5.83. The molecule has 1 N–H and O–H groups in total. The molecule has 110 valence electrons. The Labute approximate surface area is 124 Å². The van der Waals surface area contributed by atoms with Crippen LogP contribution in [0.25, 0.3) is 10.9 Å². The minimum absolute atomic E-state index is 0.445. The number of carbonyl (C=O) groups is 1. The van der Waals surface area contributed by atoms with E-state index >= 15 is 0 Å². The number of aromatic nitrogens is 1. The molecule has 2 aromatic rings. The number of nitrogens with zero attached hydrogens (tertiary/aromatic N) is 1. The summed E-state index contributed by atoms with van der Waals surface area (Å²) in [6, 6.07) is 9.74. The van der Waals surface area contributed by atoms with Gasteiger partial charge in [-0.1, -0.05) is 19.9 Å². The number of ether oxygens (including phenoxy) is 1. The van der Waals surface area contributed by atoms with Crippen LogP contribution in [0.15, 0.2) is 42.5 Å². The number of pyridine rings is 1. The predicted octanol–water partition coefficient (Wildman–Crippen LogP) is 3.58. The molecule has 0 aliphatic carbocycles. The van der Waals surface area contributed by atoms with E-state index in [9.17, 15) is 4.79 Å². The lowest BCUT2D eigenvalue weighted by Crippen LogP contribution is -2.04. The number of hydrogen-bond acceptors (Lipinski definition) is 4. The van der Waals surface area contributed by atoms with E-state index in [1.165, 1.54) is 0 Å². The van der Waals surface area contributed by atoms with E-state index < -0.39 is 0 Å².